The van der Waals surface area contributed by atoms with Gasteiger partial charge < -0.3 is 10.2 Å². The summed E-state index contributed by atoms with van der Waals surface area (Å²) in [6.45, 7) is 3.14. The molecular formula is C12H14BrFO3. The van der Waals surface area contributed by atoms with Crippen LogP contribution in [-0.4, -0.2) is 16.2 Å². The number of rotatable bonds is 4. The lowest BCUT2D eigenvalue weighted by atomic mass is 9.87. The number of aliphatic hydroxyl groups is 1. The monoisotopic (exact) mass is 304 g/mol. The van der Waals surface area contributed by atoms with Crippen LogP contribution in [0.5, 0.6) is 0 Å². The Labute approximate surface area is 107 Å². The Hall–Kier alpha value is -0.940. The van der Waals surface area contributed by atoms with Crippen molar-refractivity contribution in [3.63, 3.8) is 0 Å². The largest absolute Gasteiger partial charge is 0.481 e. The lowest BCUT2D eigenvalue weighted by molar-refractivity contribution is -0.144. The highest BCUT2D eigenvalue weighted by atomic mass is 79.9. The molecule has 0 radical (unpaired) electrons. The molecule has 0 aliphatic rings. The van der Waals surface area contributed by atoms with Crippen LogP contribution in [0.25, 0.3) is 0 Å². The van der Waals surface area contributed by atoms with Gasteiger partial charge >= 0.3 is 5.97 Å². The summed E-state index contributed by atoms with van der Waals surface area (Å²) < 4.78 is 13.6. The van der Waals surface area contributed by atoms with E-state index in [2.05, 4.69) is 15.9 Å². The fraction of sp³-hybridized carbons (Fsp3) is 0.417. The molecule has 0 aromatic heterocycles. The summed E-state index contributed by atoms with van der Waals surface area (Å²) in [7, 11) is 0. The number of carboxylic acids is 1. The van der Waals surface area contributed by atoms with Crippen molar-refractivity contribution >= 4 is 21.9 Å². The predicted octanol–water partition coefficient (Wildman–Crippen LogP) is 2.98. The molecule has 1 aromatic carbocycles. The second-order valence-corrected chi connectivity index (χ2v) is 4.95. The first kappa shape index (κ1) is 14.1. The van der Waals surface area contributed by atoms with E-state index in [9.17, 15) is 14.3 Å². The van der Waals surface area contributed by atoms with Crippen molar-refractivity contribution in [2.75, 3.05) is 0 Å². The third kappa shape index (κ3) is 3.26. The van der Waals surface area contributed by atoms with Gasteiger partial charge in [-0.1, -0.05) is 29.8 Å². The summed E-state index contributed by atoms with van der Waals surface area (Å²) >= 11 is 3.21. The van der Waals surface area contributed by atoms with E-state index in [1.54, 1.807) is 6.92 Å². The zero-order valence-electron chi connectivity index (χ0n) is 9.52. The van der Waals surface area contributed by atoms with Crippen LogP contribution in [0.4, 0.5) is 4.39 Å². The van der Waals surface area contributed by atoms with Crippen molar-refractivity contribution in [1.29, 1.82) is 0 Å². The molecular weight excluding hydrogens is 291 g/mol. The maximum Gasteiger partial charge on any atom is 0.306 e. The maximum absolute atomic E-state index is 13.1. The number of benzene rings is 1. The molecule has 0 spiro atoms. The molecule has 3 atom stereocenters. The van der Waals surface area contributed by atoms with E-state index in [4.69, 9.17) is 5.11 Å². The minimum atomic E-state index is -1.02. The first-order valence-electron chi connectivity index (χ1n) is 5.20. The van der Waals surface area contributed by atoms with Gasteiger partial charge in [0.2, 0.25) is 0 Å². The van der Waals surface area contributed by atoms with Gasteiger partial charge in [-0.2, -0.15) is 0 Å². The smallest absolute Gasteiger partial charge is 0.306 e. The van der Waals surface area contributed by atoms with Gasteiger partial charge in [-0.3, -0.25) is 4.79 Å². The van der Waals surface area contributed by atoms with Gasteiger partial charge in [0.25, 0.3) is 0 Å². The van der Waals surface area contributed by atoms with Crippen LogP contribution in [0, 0.1) is 17.7 Å². The molecule has 17 heavy (non-hydrogen) atoms. The third-order valence-electron chi connectivity index (χ3n) is 2.95. The Kier molecular flexibility index (Phi) is 4.65. The summed E-state index contributed by atoms with van der Waals surface area (Å²) in [6, 6.07) is 3.97. The summed E-state index contributed by atoms with van der Waals surface area (Å²) in [5.41, 5.74) is 0.366. The van der Waals surface area contributed by atoms with Crippen molar-refractivity contribution in [3.8, 4) is 0 Å². The number of hydrogen-bond acceptors (Lipinski definition) is 2. The first-order chi connectivity index (χ1) is 7.84. The van der Waals surface area contributed by atoms with Crippen LogP contribution in [0.2, 0.25) is 0 Å². The van der Waals surface area contributed by atoms with E-state index in [-0.39, 0.29) is 0 Å². The highest BCUT2D eigenvalue weighted by Gasteiger charge is 2.28. The van der Waals surface area contributed by atoms with Crippen LogP contribution in [0.1, 0.15) is 25.5 Å². The summed E-state index contributed by atoms with van der Waals surface area (Å²) in [6.07, 6.45) is -1.02. The molecule has 2 N–H and O–H groups in total. The normalized spacial score (nSPS) is 16.3. The molecule has 0 fully saturated rings. The van der Waals surface area contributed by atoms with Crippen LogP contribution >= 0.6 is 15.9 Å². The average Bonchev–Trinajstić information content (AvgIpc) is 2.29. The molecule has 0 aliphatic carbocycles. The quantitative estimate of drug-likeness (QED) is 0.899. The molecule has 1 rings (SSSR count). The first-order valence-corrected chi connectivity index (χ1v) is 5.99. The second kappa shape index (κ2) is 5.60. The molecule has 0 amide bonds. The van der Waals surface area contributed by atoms with Crippen LogP contribution < -0.4 is 0 Å². The fourth-order valence-electron chi connectivity index (χ4n) is 1.52. The number of halogens is 2. The number of aliphatic hydroxyl groups excluding tert-OH is 1. The molecule has 94 valence electrons. The van der Waals surface area contributed by atoms with E-state index in [1.165, 1.54) is 25.1 Å². The van der Waals surface area contributed by atoms with Crippen molar-refractivity contribution < 1.29 is 19.4 Å². The molecule has 0 saturated heterocycles. The standard InChI is InChI=1S/C12H14BrFO3/c1-6(7(2)12(16)17)11(15)9-5-8(14)3-4-10(9)13/h3-7,11,15H,1-2H3,(H,16,17). The van der Waals surface area contributed by atoms with E-state index in [1.807, 2.05) is 0 Å². The molecule has 0 aliphatic heterocycles. The highest BCUT2D eigenvalue weighted by molar-refractivity contribution is 9.10. The summed E-state index contributed by atoms with van der Waals surface area (Å²) in [5.74, 6) is -2.66. The maximum atomic E-state index is 13.1. The highest BCUT2D eigenvalue weighted by Crippen LogP contribution is 2.32. The lowest BCUT2D eigenvalue weighted by Crippen LogP contribution is -2.24. The predicted molar refractivity (Wildman–Crippen MR) is 65.0 cm³/mol. The molecule has 0 bridgehead atoms. The molecule has 0 heterocycles. The van der Waals surface area contributed by atoms with Crippen LogP contribution in [0.3, 0.4) is 0 Å². The second-order valence-electron chi connectivity index (χ2n) is 4.10. The van der Waals surface area contributed by atoms with Gasteiger partial charge in [0, 0.05) is 4.47 Å². The van der Waals surface area contributed by atoms with Crippen molar-refractivity contribution in [2.24, 2.45) is 11.8 Å². The van der Waals surface area contributed by atoms with Gasteiger partial charge in [0.15, 0.2) is 0 Å². The topological polar surface area (TPSA) is 57.5 Å². The summed E-state index contributed by atoms with van der Waals surface area (Å²) in [4.78, 5) is 10.8. The van der Waals surface area contributed by atoms with E-state index in [0.29, 0.717) is 10.0 Å². The zero-order valence-corrected chi connectivity index (χ0v) is 11.1. The van der Waals surface area contributed by atoms with Crippen molar-refractivity contribution in [1.82, 2.24) is 0 Å². The van der Waals surface area contributed by atoms with Gasteiger partial charge in [-0.25, -0.2) is 4.39 Å². The third-order valence-corrected chi connectivity index (χ3v) is 3.68. The molecule has 1 aromatic rings. The van der Waals surface area contributed by atoms with Crippen LogP contribution in [0.15, 0.2) is 22.7 Å². The average molecular weight is 305 g/mol. The Morgan fingerprint density at radius 1 is 1.41 bits per heavy atom. The number of hydrogen-bond donors (Lipinski definition) is 2. The van der Waals surface area contributed by atoms with Crippen LogP contribution in [-0.2, 0) is 4.79 Å². The van der Waals surface area contributed by atoms with E-state index in [0.717, 1.165) is 0 Å². The van der Waals surface area contributed by atoms with Crippen molar-refractivity contribution in [2.45, 2.75) is 20.0 Å². The van der Waals surface area contributed by atoms with Gasteiger partial charge in [-0.15, -0.1) is 0 Å². The zero-order chi connectivity index (χ0) is 13.2. The molecule has 3 unspecified atom stereocenters. The number of aliphatic carboxylic acids is 1. The molecule has 5 heteroatoms. The number of carbonyl (C=O) groups is 1. The Morgan fingerprint density at radius 2 is 2.00 bits per heavy atom. The fourth-order valence-corrected chi connectivity index (χ4v) is 2.00. The lowest BCUT2D eigenvalue weighted by Gasteiger charge is -2.23. The molecule has 3 nitrogen and oxygen atoms in total. The minimum Gasteiger partial charge on any atom is -0.481 e. The van der Waals surface area contributed by atoms with E-state index < -0.39 is 29.7 Å². The minimum absolute atomic E-state index is 0.366. The number of carboxylic acid groups (broad SMARTS) is 1. The molecule has 0 saturated carbocycles. The Bertz CT molecular complexity index is 422. The van der Waals surface area contributed by atoms with Gasteiger partial charge in [0.05, 0.1) is 12.0 Å². The SMILES string of the molecule is CC(C(=O)O)C(C)C(O)c1cc(F)ccc1Br. The van der Waals surface area contributed by atoms with Crippen molar-refractivity contribution in [3.05, 3.63) is 34.1 Å². The van der Waals surface area contributed by atoms with Gasteiger partial charge in [-0.05, 0) is 29.7 Å². The Balaban J connectivity index is 2.99. The summed E-state index contributed by atoms with van der Waals surface area (Å²) in [5, 5.41) is 18.9. The Morgan fingerprint density at radius 3 is 2.53 bits per heavy atom. The van der Waals surface area contributed by atoms with Gasteiger partial charge in [0.1, 0.15) is 5.82 Å². The van der Waals surface area contributed by atoms with E-state index >= 15 is 0 Å².